The molecule has 0 rings (SSSR count). The first-order valence-electron chi connectivity index (χ1n) is 36.2. The van der Waals surface area contributed by atoms with Crippen molar-refractivity contribution in [3.05, 3.63) is 0 Å². The number of phosphoric acid groups is 2. The van der Waals surface area contributed by atoms with Crippen molar-refractivity contribution in [2.75, 3.05) is 39.6 Å². The normalized spacial score (nSPS) is 14.4. The average molecular weight is 1300 g/mol. The maximum atomic E-state index is 13.0. The second-order valence-electron chi connectivity index (χ2n) is 25.2. The monoisotopic (exact) mass is 1300 g/mol. The fraction of sp³-hybridized carbons (Fsp3) is 0.942. The highest BCUT2D eigenvalue weighted by atomic mass is 31.2. The number of phosphoric ester groups is 2. The quantitative estimate of drug-likeness (QED) is 0.0222. The van der Waals surface area contributed by atoms with Gasteiger partial charge in [-0.25, -0.2) is 9.13 Å². The van der Waals surface area contributed by atoms with Crippen LogP contribution in [-0.2, 0) is 65.4 Å². The van der Waals surface area contributed by atoms with Crippen LogP contribution in [-0.4, -0.2) is 96.7 Å². The van der Waals surface area contributed by atoms with Crippen LogP contribution in [0, 0.1) is 5.92 Å². The van der Waals surface area contributed by atoms with E-state index in [2.05, 4.69) is 34.6 Å². The first-order valence-corrected chi connectivity index (χ1v) is 39.2. The molecule has 0 spiro atoms. The van der Waals surface area contributed by atoms with Gasteiger partial charge in [0.15, 0.2) is 12.2 Å². The molecular weight excluding hydrogens is 1160 g/mol. The number of ether oxygens (including phenoxy) is 4. The van der Waals surface area contributed by atoms with Gasteiger partial charge in [-0.2, -0.15) is 0 Å². The first kappa shape index (κ1) is 86.1. The number of hydrogen-bond donors (Lipinski definition) is 3. The molecular formula is C69H134O17P2. The topological polar surface area (TPSA) is 237 Å². The number of unbranched alkanes of at least 4 members (excludes halogenated alkanes) is 40. The molecule has 0 saturated heterocycles. The van der Waals surface area contributed by atoms with Crippen LogP contribution in [0.1, 0.15) is 356 Å². The van der Waals surface area contributed by atoms with Gasteiger partial charge < -0.3 is 33.8 Å². The van der Waals surface area contributed by atoms with Crippen LogP contribution in [0.15, 0.2) is 0 Å². The molecule has 3 N–H and O–H groups in total. The zero-order valence-corrected chi connectivity index (χ0v) is 58.6. The van der Waals surface area contributed by atoms with E-state index in [4.69, 9.17) is 37.0 Å². The third-order valence-electron chi connectivity index (χ3n) is 16.4. The molecule has 88 heavy (non-hydrogen) atoms. The van der Waals surface area contributed by atoms with E-state index in [9.17, 15) is 43.2 Å². The lowest BCUT2D eigenvalue weighted by molar-refractivity contribution is -0.161. The molecule has 522 valence electrons. The Bertz CT molecular complexity index is 1710. The molecule has 0 aromatic carbocycles. The predicted molar refractivity (Wildman–Crippen MR) is 354 cm³/mol. The maximum Gasteiger partial charge on any atom is 0.472 e. The van der Waals surface area contributed by atoms with Crippen LogP contribution in [0.4, 0.5) is 0 Å². The van der Waals surface area contributed by atoms with Crippen LogP contribution in [0.5, 0.6) is 0 Å². The molecule has 0 aliphatic carbocycles. The summed E-state index contributed by atoms with van der Waals surface area (Å²) in [7, 11) is -9.87. The molecule has 0 aliphatic rings. The molecule has 3 unspecified atom stereocenters. The third kappa shape index (κ3) is 61.6. The lowest BCUT2D eigenvalue weighted by Gasteiger charge is -2.21. The van der Waals surface area contributed by atoms with Gasteiger partial charge in [0.05, 0.1) is 26.4 Å². The number of esters is 4. The predicted octanol–water partition coefficient (Wildman–Crippen LogP) is 19.7. The van der Waals surface area contributed by atoms with E-state index in [-0.39, 0.29) is 25.7 Å². The number of aliphatic hydroxyl groups is 1. The van der Waals surface area contributed by atoms with Gasteiger partial charge in [0.25, 0.3) is 0 Å². The van der Waals surface area contributed by atoms with Gasteiger partial charge >= 0.3 is 39.5 Å². The largest absolute Gasteiger partial charge is 0.472 e. The van der Waals surface area contributed by atoms with Gasteiger partial charge in [0.1, 0.15) is 19.3 Å². The summed E-state index contributed by atoms with van der Waals surface area (Å²) in [5, 5.41) is 10.5. The Morgan fingerprint density at radius 1 is 0.318 bits per heavy atom. The minimum absolute atomic E-state index is 0.0991. The first-order chi connectivity index (χ1) is 42.6. The van der Waals surface area contributed by atoms with E-state index >= 15 is 0 Å². The Morgan fingerprint density at radius 3 is 0.807 bits per heavy atom. The van der Waals surface area contributed by atoms with Gasteiger partial charge in [0.2, 0.25) is 0 Å². The SMILES string of the molecule is CCCCCCCCCCCCCCCCCCCCCCC(=O)O[C@H](COC(=O)CCCCCCCCCCCCCCCCC(C)CC)COP(=O)(O)OC[C@@H](O)COP(=O)(O)OC[C@@H](COC(=O)CCCCCCC)OC(=O)CCCCCCC. The van der Waals surface area contributed by atoms with Crippen LogP contribution >= 0.6 is 15.6 Å². The molecule has 0 amide bonds. The molecule has 0 aromatic heterocycles. The van der Waals surface area contributed by atoms with E-state index in [1.807, 2.05) is 0 Å². The van der Waals surface area contributed by atoms with E-state index < -0.39 is 97.5 Å². The third-order valence-corrected chi connectivity index (χ3v) is 18.3. The Hall–Kier alpha value is -1.94. The minimum Gasteiger partial charge on any atom is -0.462 e. The summed E-state index contributed by atoms with van der Waals surface area (Å²) >= 11 is 0. The van der Waals surface area contributed by atoms with Crippen LogP contribution in [0.25, 0.3) is 0 Å². The summed E-state index contributed by atoms with van der Waals surface area (Å²) in [6.45, 7) is 7.10. The molecule has 0 aliphatic heterocycles. The van der Waals surface area contributed by atoms with Gasteiger partial charge in [0, 0.05) is 25.7 Å². The molecule has 0 bridgehead atoms. The second-order valence-corrected chi connectivity index (χ2v) is 28.1. The van der Waals surface area contributed by atoms with Crippen molar-refractivity contribution in [2.45, 2.75) is 374 Å². The smallest absolute Gasteiger partial charge is 0.462 e. The van der Waals surface area contributed by atoms with Gasteiger partial charge in [-0.3, -0.25) is 37.3 Å². The Morgan fingerprint density at radius 2 is 0.545 bits per heavy atom. The second kappa shape index (κ2) is 62.5. The molecule has 0 saturated carbocycles. The Labute approximate surface area is 537 Å². The summed E-state index contributed by atoms with van der Waals surface area (Å²) in [5.41, 5.74) is 0. The lowest BCUT2D eigenvalue weighted by Crippen LogP contribution is -2.30. The summed E-state index contributed by atoms with van der Waals surface area (Å²) < 4.78 is 67.7. The van der Waals surface area contributed by atoms with Crippen molar-refractivity contribution in [2.24, 2.45) is 5.92 Å². The summed E-state index contributed by atoms with van der Waals surface area (Å²) in [5.74, 6) is -1.30. The number of rotatable bonds is 69. The standard InChI is InChI=1S/C69H134O17P2/c1-6-10-13-16-17-18-19-20-21-22-23-24-25-26-31-34-37-40-45-50-55-69(74)86-65(59-80-67(72)53-48-44-39-36-33-30-28-27-29-32-35-38-43-46-51-62(5)9-4)61-84-88(77,78)82-57-63(70)56-81-87(75,76)83-60-64(85-68(73)54-49-42-15-12-8-3)58-79-66(71)52-47-41-14-11-7-2/h62-65,70H,6-61H2,1-5H3,(H,75,76)(H,77,78)/t62?,63-,64+,65+/m0/s1. The van der Waals surface area contributed by atoms with Crippen LogP contribution in [0.3, 0.4) is 0 Å². The fourth-order valence-corrected chi connectivity index (χ4v) is 12.0. The number of carbonyl (C=O) groups excluding carboxylic acids is 4. The zero-order chi connectivity index (χ0) is 64.9. The van der Waals surface area contributed by atoms with Crippen molar-refractivity contribution < 1.29 is 80.2 Å². The van der Waals surface area contributed by atoms with Gasteiger partial charge in [-0.15, -0.1) is 0 Å². The summed E-state index contributed by atoms with van der Waals surface area (Å²) in [6, 6.07) is 0. The van der Waals surface area contributed by atoms with Crippen molar-refractivity contribution in [1.29, 1.82) is 0 Å². The Balaban J connectivity index is 5.05. The van der Waals surface area contributed by atoms with Crippen molar-refractivity contribution in [3.63, 3.8) is 0 Å². The Kier molecular flexibility index (Phi) is 61.1. The number of hydrogen-bond acceptors (Lipinski definition) is 15. The molecule has 17 nitrogen and oxygen atoms in total. The molecule has 0 radical (unpaired) electrons. The highest BCUT2D eigenvalue weighted by Crippen LogP contribution is 2.45. The van der Waals surface area contributed by atoms with E-state index in [1.54, 1.807) is 0 Å². The van der Waals surface area contributed by atoms with Crippen molar-refractivity contribution in [3.8, 4) is 0 Å². The van der Waals surface area contributed by atoms with Crippen molar-refractivity contribution >= 4 is 39.5 Å². The lowest BCUT2D eigenvalue weighted by atomic mass is 9.99. The van der Waals surface area contributed by atoms with Crippen LogP contribution < -0.4 is 0 Å². The maximum absolute atomic E-state index is 13.0. The highest BCUT2D eigenvalue weighted by Gasteiger charge is 2.30. The van der Waals surface area contributed by atoms with Crippen molar-refractivity contribution in [1.82, 2.24) is 0 Å². The van der Waals surface area contributed by atoms with E-state index in [0.717, 1.165) is 102 Å². The van der Waals surface area contributed by atoms with E-state index in [1.165, 1.54) is 173 Å². The summed E-state index contributed by atoms with van der Waals surface area (Å²) in [4.78, 5) is 71.9. The molecule has 0 aromatic rings. The molecule has 0 fully saturated rings. The molecule has 6 atom stereocenters. The zero-order valence-electron chi connectivity index (χ0n) is 56.9. The fourth-order valence-electron chi connectivity index (χ4n) is 10.4. The minimum atomic E-state index is -4.95. The molecule has 19 heteroatoms. The number of aliphatic hydroxyl groups excluding tert-OH is 1. The van der Waals surface area contributed by atoms with E-state index in [0.29, 0.717) is 25.7 Å². The number of carbonyl (C=O) groups is 4. The highest BCUT2D eigenvalue weighted by molar-refractivity contribution is 7.47. The van der Waals surface area contributed by atoms with Gasteiger partial charge in [-0.1, -0.05) is 304 Å². The van der Waals surface area contributed by atoms with Crippen LogP contribution in [0.2, 0.25) is 0 Å². The molecule has 0 heterocycles. The van der Waals surface area contributed by atoms with Gasteiger partial charge in [-0.05, 0) is 31.6 Å². The summed E-state index contributed by atoms with van der Waals surface area (Å²) in [6.07, 6.45) is 49.6. The average Bonchev–Trinajstić information content (AvgIpc) is 3.55.